The van der Waals surface area contributed by atoms with Crippen LogP contribution in [0.5, 0.6) is 0 Å². The summed E-state index contributed by atoms with van der Waals surface area (Å²) < 4.78 is 27.0. The van der Waals surface area contributed by atoms with Crippen molar-refractivity contribution in [2.24, 2.45) is 11.8 Å². The maximum atomic E-state index is 12.8. The van der Waals surface area contributed by atoms with Crippen molar-refractivity contribution >= 4 is 5.91 Å². The van der Waals surface area contributed by atoms with Gasteiger partial charge in [-0.25, -0.2) is 8.78 Å². The number of halogens is 2. The van der Waals surface area contributed by atoms with Crippen LogP contribution in [0.15, 0.2) is 36.4 Å². The molecule has 0 spiro atoms. The Labute approximate surface area is 158 Å². The molecule has 0 aliphatic heterocycles. The van der Waals surface area contributed by atoms with E-state index in [9.17, 15) is 13.6 Å². The van der Waals surface area contributed by atoms with Crippen LogP contribution in [-0.2, 0) is 11.3 Å². The van der Waals surface area contributed by atoms with Crippen molar-refractivity contribution in [3.8, 4) is 0 Å². The van der Waals surface area contributed by atoms with Crippen LogP contribution in [-0.4, -0.2) is 21.7 Å². The summed E-state index contributed by atoms with van der Waals surface area (Å²) >= 11 is 0. The summed E-state index contributed by atoms with van der Waals surface area (Å²) in [5.74, 6) is 1.33. The molecule has 4 atom stereocenters. The van der Waals surface area contributed by atoms with Gasteiger partial charge in [-0.2, -0.15) is 5.10 Å². The minimum atomic E-state index is -2.62. The van der Waals surface area contributed by atoms with Crippen molar-refractivity contribution in [3.05, 3.63) is 53.3 Å². The van der Waals surface area contributed by atoms with Crippen LogP contribution in [0.1, 0.15) is 55.0 Å². The van der Waals surface area contributed by atoms with E-state index in [-0.39, 0.29) is 24.2 Å². The minimum Gasteiger partial charge on any atom is -0.351 e. The molecule has 27 heavy (non-hydrogen) atoms. The summed E-state index contributed by atoms with van der Waals surface area (Å²) in [6, 6.07) is 11.8. The number of benzene rings is 1. The van der Waals surface area contributed by atoms with E-state index in [4.69, 9.17) is 0 Å². The van der Waals surface area contributed by atoms with Gasteiger partial charge in [0.05, 0.1) is 0 Å². The van der Waals surface area contributed by atoms with Crippen molar-refractivity contribution in [1.82, 2.24) is 15.1 Å². The first-order valence-corrected chi connectivity index (χ1v) is 9.71. The number of rotatable bonds is 5. The van der Waals surface area contributed by atoms with E-state index in [1.165, 1.54) is 35.6 Å². The molecule has 0 bridgehead atoms. The van der Waals surface area contributed by atoms with Gasteiger partial charge in [0, 0.05) is 17.7 Å². The van der Waals surface area contributed by atoms with E-state index in [2.05, 4.69) is 22.5 Å². The second kappa shape index (κ2) is 7.41. The molecule has 144 valence electrons. The smallest absolute Gasteiger partial charge is 0.282 e. The second-order valence-electron chi connectivity index (χ2n) is 7.81. The van der Waals surface area contributed by atoms with Crippen LogP contribution in [0.3, 0.4) is 0 Å². The van der Waals surface area contributed by atoms with E-state index in [1.807, 2.05) is 18.2 Å². The Kier molecular flexibility index (Phi) is 4.98. The number of carbonyl (C=O) groups is 1. The summed E-state index contributed by atoms with van der Waals surface area (Å²) in [6.07, 6.45) is 2.21. The van der Waals surface area contributed by atoms with Crippen LogP contribution in [0.25, 0.3) is 0 Å². The number of amides is 1. The van der Waals surface area contributed by atoms with E-state index in [0.717, 1.165) is 6.42 Å². The summed E-state index contributed by atoms with van der Waals surface area (Å²) in [7, 11) is 0. The zero-order valence-corrected chi connectivity index (χ0v) is 15.4. The third-order valence-electron chi connectivity index (χ3n) is 6.21. The summed E-state index contributed by atoms with van der Waals surface area (Å²) in [5.41, 5.74) is 1.57. The number of hydrogen-bond acceptors (Lipinski definition) is 2. The maximum Gasteiger partial charge on any atom is 0.282 e. The Morgan fingerprint density at radius 1 is 1.22 bits per heavy atom. The number of alkyl halides is 2. The van der Waals surface area contributed by atoms with Gasteiger partial charge >= 0.3 is 0 Å². The number of aryl methyl sites for hydroxylation is 1. The van der Waals surface area contributed by atoms with E-state index in [0.29, 0.717) is 23.4 Å². The Morgan fingerprint density at radius 3 is 2.59 bits per heavy atom. The number of hydrogen-bond donors (Lipinski definition) is 1. The molecule has 1 heterocycles. The van der Waals surface area contributed by atoms with Gasteiger partial charge in [0.25, 0.3) is 6.43 Å². The predicted octanol–water partition coefficient (Wildman–Crippen LogP) is 4.22. The van der Waals surface area contributed by atoms with Crippen molar-refractivity contribution in [2.75, 3.05) is 0 Å². The Balaban J connectivity index is 1.47. The van der Waals surface area contributed by atoms with Crippen LogP contribution in [0.2, 0.25) is 0 Å². The molecular weight excluding hydrogens is 348 g/mol. The second-order valence-corrected chi connectivity index (χ2v) is 7.81. The van der Waals surface area contributed by atoms with Gasteiger partial charge in [0.1, 0.15) is 12.2 Å². The lowest BCUT2D eigenvalue weighted by Crippen LogP contribution is -2.59. The normalized spacial score (nSPS) is 27.1. The summed E-state index contributed by atoms with van der Waals surface area (Å²) in [6.45, 7) is 1.67. The fraction of sp³-hybridized carbons (Fsp3) is 0.524. The highest BCUT2D eigenvalue weighted by molar-refractivity contribution is 5.76. The van der Waals surface area contributed by atoms with Crippen LogP contribution in [0.4, 0.5) is 8.78 Å². The molecule has 0 saturated heterocycles. The average Bonchev–Trinajstić information content (AvgIpc) is 3.02. The summed E-state index contributed by atoms with van der Waals surface area (Å²) in [4.78, 5) is 12.6. The SMILES string of the molecule is Cc1cc(C(F)F)nn1CC(=O)N[C@H]1[C@H]2CCCC[C@@H]2[C@@H]1c1ccccc1. The average molecular weight is 373 g/mol. The van der Waals surface area contributed by atoms with Crippen molar-refractivity contribution in [1.29, 1.82) is 0 Å². The van der Waals surface area contributed by atoms with E-state index < -0.39 is 6.43 Å². The molecule has 6 heteroatoms. The minimum absolute atomic E-state index is 0.0199. The molecule has 1 aromatic carbocycles. The monoisotopic (exact) mass is 373 g/mol. The van der Waals surface area contributed by atoms with Gasteiger partial charge < -0.3 is 5.32 Å². The maximum absolute atomic E-state index is 12.8. The van der Waals surface area contributed by atoms with Gasteiger partial charge in [-0.3, -0.25) is 9.48 Å². The molecule has 1 aromatic heterocycles. The van der Waals surface area contributed by atoms with Crippen LogP contribution >= 0.6 is 0 Å². The third-order valence-corrected chi connectivity index (χ3v) is 6.21. The molecule has 4 nitrogen and oxygen atoms in total. The van der Waals surface area contributed by atoms with Crippen molar-refractivity contribution < 1.29 is 13.6 Å². The van der Waals surface area contributed by atoms with Gasteiger partial charge in [0.15, 0.2) is 0 Å². The first-order valence-electron chi connectivity index (χ1n) is 9.71. The van der Waals surface area contributed by atoms with Gasteiger partial charge in [-0.05, 0) is 43.2 Å². The number of fused-ring (bicyclic) bond motifs is 1. The number of carbonyl (C=O) groups excluding carboxylic acids is 1. The molecule has 2 saturated carbocycles. The molecule has 2 fully saturated rings. The lowest BCUT2D eigenvalue weighted by atomic mass is 9.53. The molecule has 0 radical (unpaired) electrons. The molecule has 0 unspecified atom stereocenters. The molecular formula is C21H25F2N3O. The fourth-order valence-electron chi connectivity index (χ4n) is 4.96. The fourth-order valence-corrected chi connectivity index (χ4v) is 4.96. The predicted molar refractivity (Wildman–Crippen MR) is 98.5 cm³/mol. The third kappa shape index (κ3) is 3.49. The zero-order chi connectivity index (χ0) is 19.0. The topological polar surface area (TPSA) is 46.9 Å². The quantitative estimate of drug-likeness (QED) is 0.853. The van der Waals surface area contributed by atoms with E-state index in [1.54, 1.807) is 6.92 Å². The number of nitrogens with one attached hydrogen (secondary N) is 1. The molecule has 4 rings (SSSR count). The first kappa shape index (κ1) is 18.1. The van der Waals surface area contributed by atoms with Crippen LogP contribution < -0.4 is 5.32 Å². The zero-order valence-electron chi connectivity index (χ0n) is 15.4. The van der Waals surface area contributed by atoms with Gasteiger partial charge in [-0.15, -0.1) is 0 Å². The van der Waals surface area contributed by atoms with E-state index >= 15 is 0 Å². The lowest BCUT2D eigenvalue weighted by molar-refractivity contribution is -0.125. The van der Waals surface area contributed by atoms with Crippen LogP contribution in [0, 0.1) is 18.8 Å². The highest BCUT2D eigenvalue weighted by Gasteiger charge is 2.51. The van der Waals surface area contributed by atoms with Crippen molar-refractivity contribution in [3.63, 3.8) is 0 Å². The molecule has 1 amide bonds. The van der Waals surface area contributed by atoms with Gasteiger partial charge in [-0.1, -0.05) is 43.2 Å². The summed E-state index contributed by atoms with van der Waals surface area (Å²) in [5, 5.41) is 7.06. The highest BCUT2D eigenvalue weighted by atomic mass is 19.3. The molecule has 1 N–H and O–H groups in total. The largest absolute Gasteiger partial charge is 0.351 e. The number of nitrogens with zero attached hydrogens (tertiary/aromatic N) is 2. The first-order chi connectivity index (χ1) is 13.0. The standard InChI is InChI=1S/C21H25F2N3O/c1-13-11-17(21(22)23)25-26(13)12-18(27)24-20-16-10-6-5-9-15(16)19(20)14-7-3-2-4-8-14/h2-4,7-8,11,15-16,19-21H,5-6,9-10,12H2,1H3,(H,24,27)/t15-,16-,19-,20-/m0/s1. The highest BCUT2D eigenvalue weighted by Crippen LogP contribution is 2.54. The molecule has 2 aromatic rings. The molecule has 2 aliphatic rings. The molecule has 2 aliphatic carbocycles. The lowest BCUT2D eigenvalue weighted by Gasteiger charge is -2.55. The Morgan fingerprint density at radius 2 is 1.93 bits per heavy atom. The Hall–Kier alpha value is -2.24. The Bertz CT molecular complexity index is 805. The number of aromatic nitrogens is 2. The van der Waals surface area contributed by atoms with Gasteiger partial charge in [0.2, 0.25) is 5.91 Å². The van der Waals surface area contributed by atoms with Crippen molar-refractivity contribution in [2.45, 2.75) is 57.5 Å².